The van der Waals surface area contributed by atoms with Crippen LogP contribution in [0.1, 0.15) is 56.6 Å². The number of alkyl carbamates (subject to hydrolysis) is 1. The number of hydrogen-bond acceptors (Lipinski definition) is 6. The third-order valence-electron chi connectivity index (χ3n) is 7.25. The van der Waals surface area contributed by atoms with E-state index in [1.807, 2.05) is 60.7 Å². The minimum Gasteiger partial charge on any atom is -0.445 e. The largest absolute Gasteiger partial charge is 0.445 e. The molecule has 0 saturated carbocycles. The number of benzene rings is 2. The molecular weight excluding hydrogens is 522 g/mol. The van der Waals surface area contributed by atoms with Crippen molar-refractivity contribution in [3.05, 3.63) is 71.8 Å². The minimum absolute atomic E-state index is 0.00343. The normalized spacial score (nSPS) is 15.9. The summed E-state index contributed by atoms with van der Waals surface area (Å²) in [5, 5.41) is 2.73. The van der Waals surface area contributed by atoms with Crippen LogP contribution >= 0.6 is 0 Å². The number of ketones is 2. The van der Waals surface area contributed by atoms with E-state index in [4.69, 9.17) is 16.2 Å². The number of nitrogens with two attached hydrogens (primary N) is 2. The second kappa shape index (κ2) is 16.2. The Morgan fingerprint density at radius 2 is 1.68 bits per heavy atom. The molecule has 0 radical (unpaired) electrons. The predicted molar refractivity (Wildman–Crippen MR) is 157 cm³/mol. The number of guanidine groups is 1. The summed E-state index contributed by atoms with van der Waals surface area (Å²) >= 11 is 0. The number of ether oxygens (including phenoxy) is 1. The molecule has 0 aliphatic carbocycles. The number of aliphatic imine (C=N–C) groups is 1. The molecule has 0 bridgehead atoms. The maximum atomic E-state index is 13.8. The van der Waals surface area contributed by atoms with Gasteiger partial charge in [0.2, 0.25) is 5.91 Å². The van der Waals surface area contributed by atoms with Crippen LogP contribution in [-0.4, -0.2) is 59.6 Å². The summed E-state index contributed by atoms with van der Waals surface area (Å²) in [4.78, 5) is 58.2. The molecule has 1 aliphatic rings. The molecule has 2 amide bonds. The molecule has 0 unspecified atom stereocenters. The molecule has 3 rings (SSSR count). The van der Waals surface area contributed by atoms with Crippen molar-refractivity contribution in [3.8, 4) is 0 Å². The van der Waals surface area contributed by atoms with Gasteiger partial charge in [-0.3, -0.25) is 19.4 Å². The van der Waals surface area contributed by atoms with Crippen LogP contribution in [0.25, 0.3) is 0 Å². The summed E-state index contributed by atoms with van der Waals surface area (Å²) in [6.45, 7) is 2.63. The molecular formula is C31H41N5O5. The Hall–Kier alpha value is -4.21. The Labute approximate surface area is 241 Å². The van der Waals surface area contributed by atoms with Gasteiger partial charge in [-0.25, -0.2) is 4.79 Å². The lowest BCUT2D eigenvalue weighted by atomic mass is 9.89. The highest BCUT2D eigenvalue weighted by Crippen LogP contribution is 2.25. The number of Topliss-reactive ketones (excluding diaryl/α,β-unsaturated/α-hetero) is 2. The topological polar surface area (TPSA) is 157 Å². The van der Waals surface area contributed by atoms with Gasteiger partial charge < -0.3 is 26.4 Å². The van der Waals surface area contributed by atoms with E-state index >= 15 is 0 Å². The number of rotatable bonds is 15. The number of amides is 2. The fourth-order valence-corrected chi connectivity index (χ4v) is 5.11. The molecule has 5 N–H and O–H groups in total. The molecule has 2 aromatic carbocycles. The van der Waals surface area contributed by atoms with Crippen molar-refractivity contribution in [2.24, 2.45) is 22.4 Å². The number of carbonyl (C=O) groups is 4. The summed E-state index contributed by atoms with van der Waals surface area (Å²) in [5.41, 5.74) is 12.5. The van der Waals surface area contributed by atoms with E-state index in [0.717, 1.165) is 11.1 Å². The van der Waals surface area contributed by atoms with Gasteiger partial charge in [0, 0.05) is 38.3 Å². The third kappa shape index (κ3) is 10.0. The molecule has 10 heteroatoms. The zero-order valence-corrected chi connectivity index (χ0v) is 23.7. The lowest BCUT2D eigenvalue weighted by Gasteiger charge is -2.29. The molecule has 10 nitrogen and oxygen atoms in total. The van der Waals surface area contributed by atoms with Gasteiger partial charge in [0.15, 0.2) is 11.7 Å². The van der Waals surface area contributed by atoms with Crippen LogP contribution < -0.4 is 16.8 Å². The van der Waals surface area contributed by atoms with Gasteiger partial charge in [0.1, 0.15) is 18.4 Å². The van der Waals surface area contributed by atoms with Gasteiger partial charge in [0.25, 0.3) is 0 Å². The molecule has 3 atom stereocenters. The van der Waals surface area contributed by atoms with E-state index in [1.54, 1.807) is 11.8 Å². The van der Waals surface area contributed by atoms with E-state index in [-0.39, 0.29) is 42.9 Å². The van der Waals surface area contributed by atoms with Crippen molar-refractivity contribution >= 4 is 29.5 Å². The van der Waals surface area contributed by atoms with E-state index in [1.165, 1.54) is 0 Å². The van der Waals surface area contributed by atoms with Crippen molar-refractivity contribution in [2.75, 3.05) is 13.1 Å². The summed E-state index contributed by atoms with van der Waals surface area (Å²) in [6.07, 6.45) is 2.15. The van der Waals surface area contributed by atoms with E-state index in [2.05, 4.69) is 10.3 Å². The van der Waals surface area contributed by atoms with Gasteiger partial charge in [0.05, 0.1) is 6.04 Å². The third-order valence-corrected chi connectivity index (χ3v) is 7.25. The maximum absolute atomic E-state index is 13.8. The first-order valence-corrected chi connectivity index (χ1v) is 14.2. The monoisotopic (exact) mass is 563 g/mol. The number of hydrogen-bond donors (Lipinski definition) is 3. The molecule has 41 heavy (non-hydrogen) atoms. The van der Waals surface area contributed by atoms with E-state index in [9.17, 15) is 19.2 Å². The lowest BCUT2D eigenvalue weighted by Crippen LogP contribution is -2.52. The highest BCUT2D eigenvalue weighted by Gasteiger charge is 2.38. The molecule has 1 aliphatic heterocycles. The molecule has 0 spiro atoms. The zero-order chi connectivity index (χ0) is 29.6. The quantitative estimate of drug-likeness (QED) is 0.171. The molecule has 1 saturated heterocycles. The Kier molecular flexibility index (Phi) is 12.3. The SMILES string of the molecule is CCC(=O)[C@H](CCCN=C(N)N)CC(=O)[C@@H]1CCCN1C(=O)[C@H](Cc1ccccc1)NC(=O)OCc1ccccc1. The highest BCUT2D eigenvalue weighted by atomic mass is 16.5. The molecule has 1 fully saturated rings. The number of nitrogens with zero attached hydrogens (tertiary/aromatic N) is 2. The van der Waals surface area contributed by atoms with Crippen LogP contribution in [0.5, 0.6) is 0 Å². The first kappa shape index (κ1) is 31.3. The van der Waals surface area contributed by atoms with Gasteiger partial charge in [-0.1, -0.05) is 67.6 Å². The van der Waals surface area contributed by atoms with Crippen LogP contribution in [0.15, 0.2) is 65.7 Å². The summed E-state index contributed by atoms with van der Waals surface area (Å²) in [6, 6.07) is 17.1. The van der Waals surface area contributed by atoms with Gasteiger partial charge in [-0.15, -0.1) is 0 Å². The fourth-order valence-electron chi connectivity index (χ4n) is 5.11. The van der Waals surface area contributed by atoms with Crippen LogP contribution in [-0.2, 0) is 32.1 Å². The Bertz CT molecular complexity index is 1180. The summed E-state index contributed by atoms with van der Waals surface area (Å²) in [5.74, 6) is -0.946. The van der Waals surface area contributed by atoms with Gasteiger partial charge >= 0.3 is 6.09 Å². The van der Waals surface area contributed by atoms with Crippen molar-refractivity contribution in [3.63, 3.8) is 0 Å². The van der Waals surface area contributed by atoms with Crippen molar-refractivity contribution in [2.45, 2.75) is 70.6 Å². The van der Waals surface area contributed by atoms with Crippen LogP contribution in [0, 0.1) is 5.92 Å². The van der Waals surface area contributed by atoms with Crippen molar-refractivity contribution in [1.82, 2.24) is 10.2 Å². The number of likely N-dealkylation sites (tertiary alicyclic amines) is 1. The van der Waals surface area contributed by atoms with E-state index in [0.29, 0.717) is 45.2 Å². The maximum Gasteiger partial charge on any atom is 0.408 e. The van der Waals surface area contributed by atoms with Gasteiger partial charge in [-0.2, -0.15) is 0 Å². The van der Waals surface area contributed by atoms with Gasteiger partial charge in [-0.05, 0) is 36.8 Å². The Morgan fingerprint density at radius 1 is 1.02 bits per heavy atom. The summed E-state index contributed by atoms with van der Waals surface area (Å²) < 4.78 is 5.39. The lowest BCUT2D eigenvalue weighted by molar-refractivity contribution is -0.140. The standard InChI is InChI=1S/C31H41N5O5/c1-2-27(37)24(15-9-17-34-30(32)33)20-28(38)26-16-10-18-36(26)29(39)25(19-22-11-5-3-6-12-22)35-31(40)41-21-23-13-7-4-8-14-23/h3-8,11-14,24-26H,2,9-10,15-21H2,1H3,(H,35,40)(H4,32,33,34)/t24-,25+,26+/m1/s1. The second-order valence-electron chi connectivity index (χ2n) is 10.3. The highest BCUT2D eigenvalue weighted by molar-refractivity contribution is 5.95. The molecule has 0 aromatic heterocycles. The zero-order valence-electron chi connectivity index (χ0n) is 23.7. The number of carbonyl (C=O) groups excluding carboxylic acids is 4. The molecule has 220 valence electrons. The van der Waals surface area contributed by atoms with E-state index < -0.39 is 24.1 Å². The van der Waals surface area contributed by atoms with Crippen LogP contribution in [0.3, 0.4) is 0 Å². The first-order chi connectivity index (χ1) is 19.8. The average Bonchev–Trinajstić information content (AvgIpc) is 3.48. The average molecular weight is 564 g/mol. The Morgan fingerprint density at radius 3 is 2.32 bits per heavy atom. The summed E-state index contributed by atoms with van der Waals surface area (Å²) in [7, 11) is 0. The van der Waals surface area contributed by atoms with Crippen molar-refractivity contribution < 1.29 is 23.9 Å². The van der Waals surface area contributed by atoms with Crippen LogP contribution in [0.2, 0.25) is 0 Å². The smallest absolute Gasteiger partial charge is 0.408 e. The molecule has 2 aromatic rings. The predicted octanol–water partition coefficient (Wildman–Crippen LogP) is 3.12. The first-order valence-electron chi connectivity index (χ1n) is 14.2. The Balaban J connectivity index is 1.69. The molecule has 1 heterocycles. The van der Waals surface area contributed by atoms with Crippen molar-refractivity contribution in [1.29, 1.82) is 0 Å². The second-order valence-corrected chi connectivity index (χ2v) is 10.3. The minimum atomic E-state index is -0.915. The van der Waals surface area contributed by atoms with Crippen LogP contribution in [0.4, 0.5) is 4.79 Å². The fraction of sp³-hybridized carbons (Fsp3) is 0.452. The number of nitrogens with one attached hydrogen (secondary N) is 1.